The number of likely N-dealkylation sites (tertiary alicyclic amines) is 2. The number of aromatic nitrogens is 4. The number of carbonyl (C=O) groups is 3. The van der Waals surface area contributed by atoms with Crippen molar-refractivity contribution in [1.29, 1.82) is 0 Å². The number of nitrogens with zero attached hydrogens (tertiary/aromatic N) is 4. The van der Waals surface area contributed by atoms with Crippen molar-refractivity contribution >= 4 is 28.9 Å². The predicted octanol–water partition coefficient (Wildman–Crippen LogP) is 6.90. The molecule has 3 saturated heterocycles. The van der Waals surface area contributed by atoms with Crippen LogP contribution >= 0.6 is 0 Å². The van der Waals surface area contributed by atoms with Gasteiger partial charge in [-0.25, -0.2) is 14.8 Å². The van der Waals surface area contributed by atoms with Crippen molar-refractivity contribution in [2.24, 2.45) is 28.6 Å². The Labute approximate surface area is 333 Å². The lowest BCUT2D eigenvalue weighted by Gasteiger charge is -2.32. The number of hydrogen-bond acceptors (Lipinski definition) is 7. The van der Waals surface area contributed by atoms with Crippen molar-refractivity contribution < 1.29 is 23.9 Å². The first-order valence-corrected chi connectivity index (χ1v) is 20.7. The summed E-state index contributed by atoms with van der Waals surface area (Å²) in [7, 11) is 1.31. The molecular formula is C45H53N7O5. The average Bonchev–Trinajstić information content (AvgIpc) is 3.84. The fourth-order valence-corrected chi connectivity index (χ4v) is 9.49. The first kappa shape index (κ1) is 37.4. The summed E-state index contributed by atoms with van der Waals surface area (Å²) in [6.45, 7) is 8.94. The number of aromatic amines is 2. The minimum absolute atomic E-state index is 0.0144. The Balaban J connectivity index is 0.880. The maximum Gasteiger partial charge on any atom is 0.407 e. The van der Waals surface area contributed by atoms with Gasteiger partial charge in [-0.05, 0) is 110 Å². The van der Waals surface area contributed by atoms with Crippen LogP contribution in [0.1, 0.15) is 107 Å². The fourth-order valence-electron chi connectivity index (χ4n) is 9.49. The molecule has 4 atom stereocenters. The largest absolute Gasteiger partial charge is 0.453 e. The zero-order valence-corrected chi connectivity index (χ0v) is 33.4. The van der Waals surface area contributed by atoms with Crippen molar-refractivity contribution in [1.82, 2.24) is 35.1 Å². The lowest BCUT2D eigenvalue weighted by molar-refractivity contribution is -0.139. The molecule has 2 saturated carbocycles. The maximum atomic E-state index is 13.9. The average molecular weight is 772 g/mol. The molecule has 0 bridgehead atoms. The molecule has 5 fully saturated rings. The summed E-state index contributed by atoms with van der Waals surface area (Å²) < 4.78 is 10.4. The molecule has 12 nitrogen and oxygen atoms in total. The van der Waals surface area contributed by atoms with E-state index in [1.807, 2.05) is 61.3 Å². The number of alkyl carbamates (subject to hydrolysis) is 1. The molecule has 2 aliphatic carbocycles. The first-order chi connectivity index (χ1) is 27.5. The minimum Gasteiger partial charge on any atom is -0.453 e. The zero-order chi connectivity index (χ0) is 39.5. The van der Waals surface area contributed by atoms with E-state index in [1.165, 1.54) is 20.0 Å². The van der Waals surface area contributed by atoms with Gasteiger partial charge >= 0.3 is 6.09 Å². The topological polar surface area (TPSA) is 146 Å². The summed E-state index contributed by atoms with van der Waals surface area (Å²) >= 11 is 0. The molecule has 2 aromatic carbocycles. The number of imidazole rings is 2. The van der Waals surface area contributed by atoms with Crippen molar-refractivity contribution in [2.45, 2.75) is 90.3 Å². The molecule has 57 heavy (non-hydrogen) atoms. The quantitative estimate of drug-likeness (QED) is 0.165. The molecule has 4 aromatic rings. The molecular weight excluding hydrogens is 719 g/mol. The maximum absolute atomic E-state index is 13.9. The summed E-state index contributed by atoms with van der Waals surface area (Å²) in [5.74, 6) is 8.69. The van der Waals surface area contributed by atoms with E-state index < -0.39 is 12.1 Å². The van der Waals surface area contributed by atoms with Gasteiger partial charge in [0.25, 0.3) is 0 Å². The standard InChI is InChI=1S/C45H53N7O5/c1-27(2)38(50-43(55)56-4)42(54)52-26-44(15-16-44)22-36(52)39-46-24-35(49-39)32-10-7-29(8-11-32)5-6-30-9-12-33-34(21-30)48-40(47-33)37-23-45(17-18-45)25-51(37)41(53)28(3)31-13-19-57-20-14-31/h7-12,21,24,27-28,31,36-38H,13-20,22-23,25-26H2,1-4H3,(H,46,49)(H,47,48)(H,50,55)/t28-,36-,37-,38-/m0/s1. The Kier molecular flexibility index (Phi) is 9.62. The second kappa shape index (κ2) is 14.7. The molecule has 9 rings (SSSR count). The highest BCUT2D eigenvalue weighted by atomic mass is 16.5. The summed E-state index contributed by atoms with van der Waals surface area (Å²) in [5.41, 5.74) is 5.82. The Bertz CT molecular complexity index is 2230. The summed E-state index contributed by atoms with van der Waals surface area (Å²) in [6, 6.07) is 13.2. The van der Waals surface area contributed by atoms with Crippen LogP contribution in [0.5, 0.6) is 0 Å². The lowest BCUT2D eigenvalue weighted by Crippen LogP contribution is -2.51. The SMILES string of the molecule is COC(=O)N[C@H](C(=O)N1CC2(CC2)C[C@H]1c1ncc(-c2ccc(C#Cc3ccc4nc([C@@H]5CC6(CC6)CN5C(=O)[C@@H](C)C5CCOCC5)[nH]c4c3)cc2)[nH]1)C(C)C. The third kappa shape index (κ3) is 7.42. The number of H-pyrrole nitrogens is 2. The van der Waals surface area contributed by atoms with Gasteiger partial charge in [0.05, 0.1) is 42.1 Å². The highest BCUT2D eigenvalue weighted by Gasteiger charge is 2.56. The van der Waals surface area contributed by atoms with E-state index in [-0.39, 0.29) is 46.6 Å². The molecule has 3 amide bonds. The van der Waals surface area contributed by atoms with Gasteiger partial charge in [-0.2, -0.15) is 0 Å². The van der Waals surface area contributed by atoms with Crippen molar-refractivity contribution in [3.8, 4) is 23.1 Å². The summed E-state index contributed by atoms with van der Waals surface area (Å²) in [5, 5.41) is 2.75. The van der Waals surface area contributed by atoms with Crippen LogP contribution in [0.2, 0.25) is 0 Å². The van der Waals surface area contributed by atoms with Gasteiger partial charge in [0.1, 0.15) is 17.7 Å². The van der Waals surface area contributed by atoms with Crippen molar-refractivity contribution in [3.63, 3.8) is 0 Å². The van der Waals surface area contributed by atoms with E-state index in [0.717, 1.165) is 103 Å². The van der Waals surface area contributed by atoms with Crippen molar-refractivity contribution in [2.75, 3.05) is 33.4 Å². The van der Waals surface area contributed by atoms with Crippen LogP contribution < -0.4 is 5.32 Å². The molecule has 5 aliphatic rings. The number of fused-ring (bicyclic) bond motifs is 1. The monoisotopic (exact) mass is 771 g/mol. The van der Waals surface area contributed by atoms with Crippen LogP contribution in [0.4, 0.5) is 4.79 Å². The summed E-state index contributed by atoms with van der Waals surface area (Å²) in [6.07, 6.45) is 9.49. The highest BCUT2D eigenvalue weighted by molar-refractivity contribution is 5.86. The Hall–Kier alpha value is -5.15. The number of carbonyl (C=O) groups excluding carboxylic acids is 3. The van der Waals surface area contributed by atoms with Crippen molar-refractivity contribution in [3.05, 3.63) is 71.4 Å². The fraction of sp³-hybridized carbons (Fsp3) is 0.533. The van der Waals surface area contributed by atoms with E-state index >= 15 is 0 Å². The third-order valence-electron chi connectivity index (χ3n) is 13.5. The third-order valence-corrected chi connectivity index (χ3v) is 13.5. The number of rotatable bonds is 8. The molecule has 0 radical (unpaired) electrons. The number of benzene rings is 2. The predicted molar refractivity (Wildman–Crippen MR) is 214 cm³/mol. The number of nitrogens with one attached hydrogen (secondary N) is 3. The molecule has 0 unspecified atom stereocenters. The van der Waals surface area contributed by atoms with E-state index in [0.29, 0.717) is 12.5 Å². The molecule has 12 heteroatoms. The minimum atomic E-state index is -0.679. The normalized spacial score (nSPS) is 23.1. The van der Waals surface area contributed by atoms with E-state index in [1.54, 1.807) is 0 Å². The van der Waals surface area contributed by atoms with E-state index in [4.69, 9.17) is 19.4 Å². The Morgan fingerprint density at radius 1 is 0.860 bits per heavy atom. The lowest BCUT2D eigenvalue weighted by atomic mass is 9.86. The van der Waals surface area contributed by atoms with Gasteiger partial charge < -0.3 is 34.6 Å². The Morgan fingerprint density at radius 3 is 2.14 bits per heavy atom. The van der Waals surface area contributed by atoms with E-state index in [2.05, 4.69) is 45.0 Å². The van der Waals surface area contributed by atoms with Crippen LogP contribution in [0, 0.1) is 40.4 Å². The highest BCUT2D eigenvalue weighted by Crippen LogP contribution is 2.59. The van der Waals surface area contributed by atoms with Gasteiger partial charge in [-0.3, -0.25) is 9.59 Å². The number of ether oxygens (including phenoxy) is 2. The van der Waals surface area contributed by atoms with Gasteiger partial charge in [-0.15, -0.1) is 0 Å². The van der Waals surface area contributed by atoms with Crippen LogP contribution in [-0.4, -0.2) is 87.1 Å². The molecule has 2 spiro atoms. The van der Waals surface area contributed by atoms with Crippen LogP contribution in [-0.2, 0) is 19.1 Å². The van der Waals surface area contributed by atoms with Crippen LogP contribution in [0.25, 0.3) is 22.3 Å². The Morgan fingerprint density at radius 2 is 1.49 bits per heavy atom. The number of methoxy groups -OCH3 is 1. The second-order valence-corrected chi connectivity index (χ2v) is 17.8. The van der Waals surface area contributed by atoms with Gasteiger partial charge in [0, 0.05) is 43.3 Å². The smallest absolute Gasteiger partial charge is 0.407 e. The first-order valence-electron chi connectivity index (χ1n) is 20.7. The molecule has 5 heterocycles. The van der Waals surface area contributed by atoms with Crippen LogP contribution in [0.3, 0.4) is 0 Å². The number of hydrogen-bond donors (Lipinski definition) is 3. The van der Waals surface area contributed by atoms with Gasteiger partial charge in [-0.1, -0.05) is 44.7 Å². The van der Waals surface area contributed by atoms with Crippen LogP contribution in [0.15, 0.2) is 48.7 Å². The zero-order valence-electron chi connectivity index (χ0n) is 33.4. The molecule has 2 aromatic heterocycles. The van der Waals surface area contributed by atoms with Gasteiger partial charge in [0.2, 0.25) is 11.8 Å². The molecule has 298 valence electrons. The number of amides is 3. The second-order valence-electron chi connectivity index (χ2n) is 17.8. The summed E-state index contributed by atoms with van der Waals surface area (Å²) in [4.78, 5) is 60.7. The molecule has 3 aliphatic heterocycles. The van der Waals surface area contributed by atoms with Gasteiger partial charge in [0.15, 0.2) is 0 Å². The molecule has 3 N–H and O–H groups in total. The van der Waals surface area contributed by atoms with E-state index in [9.17, 15) is 14.4 Å².